The second-order valence-electron chi connectivity index (χ2n) is 3.78. The fraction of sp³-hybridized carbons (Fsp3) is 0.0769. The van der Waals surface area contributed by atoms with Crippen LogP contribution in [0.15, 0.2) is 36.4 Å². The number of phenolic OH excluding ortho intramolecular Hbond substituents is 1. The maximum atomic E-state index is 9.42. The Morgan fingerprint density at radius 3 is 2.67 bits per heavy atom. The zero-order valence-electron chi connectivity index (χ0n) is 8.32. The van der Waals surface area contributed by atoms with E-state index in [4.69, 9.17) is 0 Å². The second-order valence-corrected chi connectivity index (χ2v) is 4.87. The maximum absolute atomic E-state index is 9.42. The van der Waals surface area contributed by atoms with Crippen molar-refractivity contribution in [3.63, 3.8) is 0 Å². The van der Waals surface area contributed by atoms with Crippen LogP contribution in [0, 0.1) is 6.92 Å². The minimum absolute atomic E-state index is 0.339. The number of fused-ring (bicyclic) bond motifs is 3. The summed E-state index contributed by atoms with van der Waals surface area (Å²) in [5.41, 5.74) is 1.27. The highest BCUT2D eigenvalue weighted by Gasteiger charge is 2.05. The van der Waals surface area contributed by atoms with Crippen molar-refractivity contribution >= 4 is 31.5 Å². The highest BCUT2D eigenvalue weighted by atomic mass is 32.1. The number of hydrogen-bond acceptors (Lipinski definition) is 2. The third-order valence-electron chi connectivity index (χ3n) is 2.61. The van der Waals surface area contributed by atoms with Gasteiger partial charge in [-0.15, -0.1) is 11.3 Å². The van der Waals surface area contributed by atoms with E-state index >= 15 is 0 Å². The molecule has 0 aliphatic rings. The summed E-state index contributed by atoms with van der Waals surface area (Å²) in [4.78, 5) is 0. The molecule has 74 valence electrons. The lowest BCUT2D eigenvalue weighted by molar-refractivity contribution is 0.476. The molecule has 3 aromatic rings. The second kappa shape index (κ2) is 2.97. The van der Waals surface area contributed by atoms with E-state index in [0.717, 1.165) is 4.70 Å². The van der Waals surface area contributed by atoms with Gasteiger partial charge in [0.25, 0.3) is 0 Å². The molecule has 0 fully saturated rings. The van der Waals surface area contributed by atoms with Crippen LogP contribution in [-0.4, -0.2) is 5.11 Å². The van der Waals surface area contributed by atoms with Crippen molar-refractivity contribution in [2.24, 2.45) is 0 Å². The van der Waals surface area contributed by atoms with Crippen LogP contribution in [0.4, 0.5) is 0 Å². The molecule has 2 aromatic carbocycles. The third-order valence-corrected chi connectivity index (χ3v) is 3.74. The van der Waals surface area contributed by atoms with Gasteiger partial charge in [-0.3, -0.25) is 0 Å². The van der Waals surface area contributed by atoms with Crippen LogP contribution >= 0.6 is 11.3 Å². The van der Waals surface area contributed by atoms with Gasteiger partial charge in [-0.1, -0.05) is 11.6 Å². The molecule has 1 aromatic heterocycles. The zero-order valence-corrected chi connectivity index (χ0v) is 9.14. The molecule has 0 atom stereocenters. The summed E-state index contributed by atoms with van der Waals surface area (Å²) in [7, 11) is 0. The summed E-state index contributed by atoms with van der Waals surface area (Å²) in [5, 5.41) is 11.9. The highest BCUT2D eigenvalue weighted by Crippen LogP contribution is 2.35. The first kappa shape index (κ1) is 8.74. The largest absolute Gasteiger partial charge is 0.508 e. The quantitative estimate of drug-likeness (QED) is 0.598. The number of aryl methyl sites for hydroxylation is 1. The van der Waals surface area contributed by atoms with Crippen LogP contribution in [0.25, 0.3) is 20.2 Å². The molecule has 1 nitrogen and oxygen atoms in total. The van der Waals surface area contributed by atoms with Crippen molar-refractivity contribution in [2.45, 2.75) is 6.92 Å². The van der Waals surface area contributed by atoms with Gasteiger partial charge in [-0.2, -0.15) is 0 Å². The summed E-state index contributed by atoms with van der Waals surface area (Å²) in [6.45, 7) is 2.10. The van der Waals surface area contributed by atoms with Crippen LogP contribution in [0.3, 0.4) is 0 Å². The van der Waals surface area contributed by atoms with E-state index in [0.29, 0.717) is 5.75 Å². The van der Waals surface area contributed by atoms with E-state index in [1.54, 1.807) is 17.4 Å². The lowest BCUT2D eigenvalue weighted by Gasteiger charge is -1.94. The van der Waals surface area contributed by atoms with E-state index in [9.17, 15) is 5.11 Å². The minimum Gasteiger partial charge on any atom is -0.508 e. The molecule has 1 N–H and O–H groups in total. The summed E-state index contributed by atoms with van der Waals surface area (Å²) in [6, 6.07) is 12.0. The smallest absolute Gasteiger partial charge is 0.117 e. The first-order valence-electron chi connectivity index (χ1n) is 4.86. The number of hydrogen-bond donors (Lipinski definition) is 1. The Morgan fingerprint density at radius 1 is 0.933 bits per heavy atom. The molecule has 0 saturated heterocycles. The summed E-state index contributed by atoms with van der Waals surface area (Å²) < 4.78 is 2.43. The van der Waals surface area contributed by atoms with Crippen LogP contribution in [0.5, 0.6) is 5.75 Å². The van der Waals surface area contributed by atoms with Crippen molar-refractivity contribution in [3.8, 4) is 5.75 Å². The topological polar surface area (TPSA) is 20.2 Å². The van der Waals surface area contributed by atoms with Gasteiger partial charge in [-0.25, -0.2) is 0 Å². The molecule has 3 rings (SSSR count). The lowest BCUT2D eigenvalue weighted by atomic mass is 10.1. The Balaban J connectivity index is 2.53. The predicted octanol–water partition coefficient (Wildman–Crippen LogP) is 4.07. The minimum atomic E-state index is 0.339. The number of aromatic hydroxyl groups is 1. The van der Waals surface area contributed by atoms with Crippen LogP contribution in [-0.2, 0) is 0 Å². The Labute approximate surface area is 91.6 Å². The summed E-state index contributed by atoms with van der Waals surface area (Å²) in [6.07, 6.45) is 0. The molecule has 0 saturated carbocycles. The van der Waals surface area contributed by atoms with Crippen LogP contribution in [0.1, 0.15) is 5.56 Å². The van der Waals surface area contributed by atoms with Gasteiger partial charge in [0.15, 0.2) is 0 Å². The summed E-state index contributed by atoms with van der Waals surface area (Å²) >= 11 is 1.72. The van der Waals surface area contributed by atoms with Gasteiger partial charge < -0.3 is 5.11 Å². The van der Waals surface area contributed by atoms with E-state index in [-0.39, 0.29) is 0 Å². The van der Waals surface area contributed by atoms with Gasteiger partial charge in [0.05, 0.1) is 0 Å². The van der Waals surface area contributed by atoms with Crippen LogP contribution < -0.4 is 0 Å². The van der Waals surface area contributed by atoms with E-state index in [2.05, 4.69) is 25.1 Å². The summed E-state index contributed by atoms with van der Waals surface area (Å²) in [5.74, 6) is 0.339. The molecule has 0 aliphatic heterocycles. The molecule has 0 amide bonds. The molecular formula is C13H10OS. The number of benzene rings is 2. The predicted molar refractivity (Wildman–Crippen MR) is 65.7 cm³/mol. The highest BCUT2D eigenvalue weighted by molar-refractivity contribution is 7.25. The van der Waals surface area contributed by atoms with Crippen molar-refractivity contribution in [3.05, 3.63) is 42.0 Å². The molecule has 0 aliphatic carbocycles. The Morgan fingerprint density at radius 2 is 1.80 bits per heavy atom. The first-order chi connectivity index (χ1) is 7.24. The standard InChI is InChI=1S/C13H10OS/c1-8-2-5-12-11(6-8)10-4-3-9(14)7-13(10)15-12/h2-7,14H,1H3. The number of thiophene rings is 1. The van der Waals surface area contributed by atoms with E-state index in [1.807, 2.05) is 12.1 Å². The molecule has 1 heterocycles. The molecule has 0 bridgehead atoms. The van der Waals surface area contributed by atoms with Crippen molar-refractivity contribution in [2.75, 3.05) is 0 Å². The van der Waals surface area contributed by atoms with Crippen molar-refractivity contribution in [1.82, 2.24) is 0 Å². The third kappa shape index (κ3) is 1.29. The van der Waals surface area contributed by atoms with Gasteiger partial charge in [0, 0.05) is 20.2 Å². The Hall–Kier alpha value is -1.54. The number of phenols is 1. The average Bonchev–Trinajstić information content (AvgIpc) is 2.54. The molecule has 15 heavy (non-hydrogen) atoms. The molecule has 2 heteroatoms. The first-order valence-corrected chi connectivity index (χ1v) is 5.67. The van der Waals surface area contributed by atoms with E-state index in [1.165, 1.54) is 21.0 Å². The van der Waals surface area contributed by atoms with Crippen LogP contribution in [0.2, 0.25) is 0 Å². The zero-order chi connectivity index (χ0) is 10.4. The fourth-order valence-corrected chi connectivity index (χ4v) is 3.00. The lowest BCUT2D eigenvalue weighted by Crippen LogP contribution is -1.70. The Kier molecular flexibility index (Phi) is 1.73. The monoisotopic (exact) mass is 214 g/mol. The SMILES string of the molecule is Cc1ccc2sc3cc(O)ccc3c2c1. The van der Waals surface area contributed by atoms with Crippen molar-refractivity contribution in [1.29, 1.82) is 0 Å². The molecular weight excluding hydrogens is 204 g/mol. The van der Waals surface area contributed by atoms with Crippen molar-refractivity contribution < 1.29 is 5.11 Å². The maximum Gasteiger partial charge on any atom is 0.117 e. The normalized spacial score (nSPS) is 11.3. The molecule has 0 radical (unpaired) electrons. The van der Waals surface area contributed by atoms with Gasteiger partial charge in [-0.05, 0) is 37.3 Å². The molecule has 0 spiro atoms. The van der Waals surface area contributed by atoms with Gasteiger partial charge >= 0.3 is 0 Å². The van der Waals surface area contributed by atoms with Gasteiger partial charge in [0.2, 0.25) is 0 Å². The average molecular weight is 214 g/mol. The fourth-order valence-electron chi connectivity index (χ4n) is 1.88. The van der Waals surface area contributed by atoms with E-state index < -0.39 is 0 Å². The number of rotatable bonds is 0. The molecule has 0 unspecified atom stereocenters. The van der Waals surface area contributed by atoms with Gasteiger partial charge in [0.1, 0.15) is 5.75 Å². The Bertz CT molecular complexity index is 652.